The van der Waals surface area contributed by atoms with Gasteiger partial charge in [0.15, 0.2) is 0 Å². The van der Waals surface area contributed by atoms with Gasteiger partial charge in [-0.1, -0.05) is 12.1 Å². The molecule has 0 aliphatic heterocycles. The minimum Gasteiger partial charge on any atom is -0.459 e. The Hall–Kier alpha value is -1.00. The number of carbonyl (C=O) groups excluding carboxylic acids is 1. The van der Waals surface area contributed by atoms with Crippen molar-refractivity contribution in [1.29, 1.82) is 0 Å². The zero-order chi connectivity index (χ0) is 13.8. The van der Waals surface area contributed by atoms with Gasteiger partial charge in [-0.15, -0.1) is 11.8 Å². The van der Waals surface area contributed by atoms with Gasteiger partial charge in [-0.3, -0.25) is 4.79 Å². The van der Waals surface area contributed by atoms with E-state index in [1.807, 2.05) is 45.2 Å². The Bertz CT molecular complexity index is 413. The smallest absolute Gasteiger partial charge is 0.323 e. The van der Waals surface area contributed by atoms with E-state index in [4.69, 9.17) is 10.5 Å². The number of ether oxygens (including phenoxy) is 1. The number of hydrogen-bond donors (Lipinski definition) is 1. The largest absolute Gasteiger partial charge is 0.459 e. The molecular weight excluding hydrogens is 246 g/mol. The van der Waals surface area contributed by atoms with E-state index in [9.17, 15) is 4.79 Å². The molecule has 0 aromatic heterocycles. The standard InChI is InChI=1S/C14H21NO2S/c1-14(2,3)17-13(16)12(15)9-10-6-5-7-11(8-10)18-4/h5-8,12H,9,15H2,1-4H3. The molecular formula is C14H21NO2S. The highest BCUT2D eigenvalue weighted by atomic mass is 32.2. The number of nitrogens with two attached hydrogens (primary N) is 1. The van der Waals surface area contributed by atoms with Crippen LogP contribution in [0.15, 0.2) is 29.2 Å². The van der Waals surface area contributed by atoms with Gasteiger partial charge in [0.1, 0.15) is 11.6 Å². The van der Waals surface area contributed by atoms with E-state index in [1.54, 1.807) is 11.8 Å². The number of rotatable bonds is 4. The summed E-state index contributed by atoms with van der Waals surface area (Å²) in [5.74, 6) is -0.350. The lowest BCUT2D eigenvalue weighted by atomic mass is 10.1. The number of thioether (sulfide) groups is 1. The molecule has 2 N–H and O–H groups in total. The average Bonchev–Trinajstić information content (AvgIpc) is 2.27. The fourth-order valence-corrected chi connectivity index (χ4v) is 2.00. The third kappa shape index (κ3) is 5.10. The third-order valence-electron chi connectivity index (χ3n) is 2.30. The molecule has 0 heterocycles. The summed E-state index contributed by atoms with van der Waals surface area (Å²) in [6, 6.07) is 7.43. The average molecular weight is 267 g/mol. The Balaban J connectivity index is 2.63. The monoisotopic (exact) mass is 267 g/mol. The van der Waals surface area contributed by atoms with Crippen molar-refractivity contribution in [1.82, 2.24) is 0 Å². The molecule has 4 heteroatoms. The van der Waals surface area contributed by atoms with Crippen LogP contribution in [0.5, 0.6) is 0 Å². The highest BCUT2D eigenvalue weighted by molar-refractivity contribution is 7.98. The Morgan fingerprint density at radius 1 is 1.44 bits per heavy atom. The van der Waals surface area contributed by atoms with Gasteiger partial charge >= 0.3 is 5.97 Å². The van der Waals surface area contributed by atoms with E-state index in [0.717, 1.165) is 5.56 Å². The fourth-order valence-electron chi connectivity index (χ4n) is 1.51. The van der Waals surface area contributed by atoms with Crippen molar-refractivity contribution in [3.05, 3.63) is 29.8 Å². The molecule has 0 aliphatic carbocycles. The van der Waals surface area contributed by atoms with Gasteiger partial charge in [-0.2, -0.15) is 0 Å². The van der Waals surface area contributed by atoms with Crippen molar-refractivity contribution in [2.24, 2.45) is 5.73 Å². The van der Waals surface area contributed by atoms with E-state index in [0.29, 0.717) is 6.42 Å². The summed E-state index contributed by atoms with van der Waals surface area (Å²) in [4.78, 5) is 12.9. The molecule has 1 aromatic rings. The SMILES string of the molecule is CSc1cccc(CC(N)C(=O)OC(C)(C)C)c1. The van der Waals surface area contributed by atoms with Crippen molar-refractivity contribution >= 4 is 17.7 Å². The quantitative estimate of drug-likeness (QED) is 0.673. The van der Waals surface area contributed by atoms with Gasteiger partial charge in [0, 0.05) is 4.90 Å². The first-order valence-electron chi connectivity index (χ1n) is 5.93. The Morgan fingerprint density at radius 2 is 2.11 bits per heavy atom. The summed E-state index contributed by atoms with van der Waals surface area (Å²) in [6.07, 6.45) is 2.52. The molecule has 0 saturated heterocycles. The lowest BCUT2D eigenvalue weighted by molar-refractivity contribution is -0.156. The number of hydrogen-bond acceptors (Lipinski definition) is 4. The van der Waals surface area contributed by atoms with E-state index in [2.05, 4.69) is 6.07 Å². The molecule has 0 saturated carbocycles. The molecule has 100 valence electrons. The lowest BCUT2D eigenvalue weighted by Gasteiger charge is -2.22. The molecule has 3 nitrogen and oxygen atoms in total. The highest BCUT2D eigenvalue weighted by Crippen LogP contribution is 2.17. The predicted molar refractivity (Wildman–Crippen MR) is 75.7 cm³/mol. The fraction of sp³-hybridized carbons (Fsp3) is 0.500. The van der Waals surface area contributed by atoms with E-state index in [-0.39, 0.29) is 5.97 Å². The molecule has 1 atom stereocenters. The summed E-state index contributed by atoms with van der Waals surface area (Å²) in [5.41, 5.74) is 6.43. The summed E-state index contributed by atoms with van der Waals surface area (Å²) < 4.78 is 5.26. The minimum absolute atomic E-state index is 0.350. The first-order chi connectivity index (χ1) is 8.31. The molecule has 0 amide bonds. The second-order valence-electron chi connectivity index (χ2n) is 5.20. The predicted octanol–water partition coefficient (Wildman–Crippen LogP) is 2.62. The highest BCUT2D eigenvalue weighted by Gasteiger charge is 2.22. The van der Waals surface area contributed by atoms with Crippen molar-refractivity contribution < 1.29 is 9.53 Å². The summed E-state index contributed by atoms with van der Waals surface area (Å²) >= 11 is 1.67. The van der Waals surface area contributed by atoms with Crippen molar-refractivity contribution in [3.63, 3.8) is 0 Å². The van der Waals surface area contributed by atoms with Crippen LogP contribution in [0.1, 0.15) is 26.3 Å². The van der Waals surface area contributed by atoms with Crippen LogP contribution in [0, 0.1) is 0 Å². The molecule has 1 rings (SSSR count). The summed E-state index contributed by atoms with van der Waals surface area (Å²) in [5, 5.41) is 0. The molecule has 0 radical (unpaired) electrons. The van der Waals surface area contributed by atoms with Crippen LogP contribution in [0.4, 0.5) is 0 Å². The molecule has 0 aliphatic rings. The maximum absolute atomic E-state index is 11.8. The van der Waals surface area contributed by atoms with Crippen molar-refractivity contribution in [2.75, 3.05) is 6.26 Å². The van der Waals surface area contributed by atoms with Gasteiger partial charge in [0.05, 0.1) is 0 Å². The van der Waals surface area contributed by atoms with E-state index in [1.165, 1.54) is 4.90 Å². The van der Waals surface area contributed by atoms with Gasteiger partial charge in [-0.05, 0) is 51.1 Å². The van der Waals surface area contributed by atoms with Crippen LogP contribution in [0.25, 0.3) is 0 Å². The van der Waals surface area contributed by atoms with Crippen LogP contribution in [-0.2, 0) is 16.0 Å². The Morgan fingerprint density at radius 3 is 2.67 bits per heavy atom. The second kappa shape index (κ2) is 6.25. The van der Waals surface area contributed by atoms with Crippen LogP contribution in [0.3, 0.4) is 0 Å². The normalized spacial score (nSPS) is 13.2. The summed E-state index contributed by atoms with van der Waals surface area (Å²) in [6.45, 7) is 5.52. The topological polar surface area (TPSA) is 52.3 Å². The van der Waals surface area contributed by atoms with Crippen LogP contribution >= 0.6 is 11.8 Å². The first kappa shape index (κ1) is 15.1. The van der Waals surface area contributed by atoms with E-state index >= 15 is 0 Å². The third-order valence-corrected chi connectivity index (χ3v) is 3.02. The Labute approximate surface area is 113 Å². The molecule has 1 aromatic carbocycles. The molecule has 0 spiro atoms. The maximum atomic E-state index is 11.8. The van der Waals surface area contributed by atoms with Gasteiger partial charge in [0.2, 0.25) is 0 Å². The molecule has 0 fully saturated rings. The van der Waals surface area contributed by atoms with Gasteiger partial charge in [0.25, 0.3) is 0 Å². The van der Waals surface area contributed by atoms with E-state index < -0.39 is 11.6 Å². The number of esters is 1. The zero-order valence-electron chi connectivity index (χ0n) is 11.4. The van der Waals surface area contributed by atoms with Crippen LogP contribution in [0.2, 0.25) is 0 Å². The summed E-state index contributed by atoms with van der Waals surface area (Å²) in [7, 11) is 0. The molecule has 0 bridgehead atoms. The van der Waals surface area contributed by atoms with Gasteiger partial charge < -0.3 is 10.5 Å². The molecule has 18 heavy (non-hydrogen) atoms. The van der Waals surface area contributed by atoms with Crippen molar-refractivity contribution in [3.8, 4) is 0 Å². The maximum Gasteiger partial charge on any atom is 0.323 e. The van der Waals surface area contributed by atoms with Crippen molar-refractivity contribution in [2.45, 2.75) is 43.7 Å². The second-order valence-corrected chi connectivity index (χ2v) is 6.08. The minimum atomic E-state index is -0.610. The van der Waals surface area contributed by atoms with Crippen LogP contribution in [-0.4, -0.2) is 23.9 Å². The number of benzene rings is 1. The first-order valence-corrected chi connectivity index (χ1v) is 7.15. The zero-order valence-corrected chi connectivity index (χ0v) is 12.2. The van der Waals surface area contributed by atoms with Crippen LogP contribution < -0.4 is 5.73 Å². The van der Waals surface area contributed by atoms with Gasteiger partial charge in [-0.25, -0.2) is 0 Å². The number of carbonyl (C=O) groups is 1. The Kier molecular flexibility index (Phi) is 5.23. The lowest BCUT2D eigenvalue weighted by Crippen LogP contribution is -2.38. The molecule has 1 unspecified atom stereocenters.